The molecule has 0 amide bonds. The molecule has 0 aromatic heterocycles. The number of unbranched alkanes of at least 4 members (excludes halogenated alkanes) is 2. The van der Waals surface area contributed by atoms with Crippen molar-refractivity contribution in [1.82, 2.24) is 5.32 Å². The maximum Gasteiger partial charge on any atom is 0.119 e. The zero-order valence-electron chi connectivity index (χ0n) is 12.6. The lowest BCUT2D eigenvalue weighted by molar-refractivity contribution is 0.306. The van der Waals surface area contributed by atoms with Crippen molar-refractivity contribution in [3.8, 4) is 5.75 Å². The first-order chi connectivity index (χ1) is 9.86. The lowest BCUT2D eigenvalue weighted by atomic mass is 10.2. The molecule has 0 saturated heterocycles. The minimum atomic E-state index is 0.825. The predicted octanol–water partition coefficient (Wildman–Crippen LogP) is 4.26. The van der Waals surface area contributed by atoms with Crippen molar-refractivity contribution >= 4 is 11.8 Å². The van der Waals surface area contributed by atoms with Crippen LogP contribution in [0.3, 0.4) is 0 Å². The molecule has 0 aliphatic rings. The molecule has 0 unspecified atom stereocenters. The monoisotopic (exact) mass is 293 g/mol. The van der Waals surface area contributed by atoms with E-state index in [4.69, 9.17) is 4.74 Å². The van der Waals surface area contributed by atoms with E-state index < -0.39 is 0 Å². The van der Waals surface area contributed by atoms with Crippen LogP contribution in [-0.4, -0.2) is 24.7 Å². The summed E-state index contributed by atoms with van der Waals surface area (Å²) in [7, 11) is 0. The summed E-state index contributed by atoms with van der Waals surface area (Å²) in [6.45, 7) is 8.70. The first-order valence-electron chi connectivity index (χ1n) is 7.48. The van der Waals surface area contributed by atoms with Crippen LogP contribution in [0.5, 0.6) is 5.75 Å². The van der Waals surface area contributed by atoms with Crippen molar-refractivity contribution in [1.29, 1.82) is 0 Å². The zero-order chi connectivity index (χ0) is 14.5. The molecule has 0 atom stereocenters. The summed E-state index contributed by atoms with van der Waals surface area (Å²) in [5, 5.41) is 3.44. The number of hydrogen-bond donors (Lipinski definition) is 1. The van der Waals surface area contributed by atoms with E-state index in [2.05, 4.69) is 43.1 Å². The van der Waals surface area contributed by atoms with E-state index >= 15 is 0 Å². The Bertz CT molecular complexity index is 351. The van der Waals surface area contributed by atoms with Crippen LogP contribution in [0.1, 0.15) is 31.7 Å². The predicted molar refractivity (Wildman–Crippen MR) is 90.7 cm³/mol. The molecule has 1 aromatic rings. The molecular formula is C17H27NOS. The van der Waals surface area contributed by atoms with Crippen molar-refractivity contribution in [3.63, 3.8) is 0 Å². The maximum absolute atomic E-state index is 5.70. The van der Waals surface area contributed by atoms with Crippen LogP contribution in [0.25, 0.3) is 0 Å². The van der Waals surface area contributed by atoms with Crippen LogP contribution >= 0.6 is 11.8 Å². The van der Waals surface area contributed by atoms with Gasteiger partial charge in [-0.2, -0.15) is 11.8 Å². The number of rotatable bonds is 12. The lowest BCUT2D eigenvalue weighted by Gasteiger charge is -2.08. The summed E-state index contributed by atoms with van der Waals surface area (Å²) >= 11 is 1.90. The summed E-state index contributed by atoms with van der Waals surface area (Å²) in [6.07, 6.45) is 5.57. The molecule has 0 aliphatic carbocycles. The Kier molecular flexibility index (Phi) is 10.2. The number of benzene rings is 1. The molecule has 0 bridgehead atoms. The van der Waals surface area contributed by atoms with Crippen molar-refractivity contribution in [2.75, 3.05) is 24.7 Å². The topological polar surface area (TPSA) is 21.3 Å². The zero-order valence-corrected chi connectivity index (χ0v) is 13.4. The highest BCUT2D eigenvalue weighted by Crippen LogP contribution is 2.12. The van der Waals surface area contributed by atoms with E-state index in [-0.39, 0.29) is 0 Å². The lowest BCUT2D eigenvalue weighted by Crippen LogP contribution is -2.16. The first-order valence-corrected chi connectivity index (χ1v) is 8.63. The molecule has 0 saturated carbocycles. The van der Waals surface area contributed by atoms with E-state index in [1.54, 1.807) is 0 Å². The van der Waals surface area contributed by atoms with Crippen LogP contribution in [0.4, 0.5) is 0 Å². The Hall–Kier alpha value is -0.930. The van der Waals surface area contributed by atoms with Crippen LogP contribution in [-0.2, 0) is 6.54 Å². The van der Waals surface area contributed by atoms with E-state index in [0.29, 0.717) is 0 Å². The number of hydrogen-bond acceptors (Lipinski definition) is 3. The number of ether oxygens (including phenoxy) is 1. The molecule has 0 heterocycles. The largest absolute Gasteiger partial charge is 0.494 e. The van der Waals surface area contributed by atoms with Gasteiger partial charge >= 0.3 is 0 Å². The second-order valence-corrected chi connectivity index (χ2v) is 5.89. The second-order valence-electron chi connectivity index (χ2n) is 4.74. The molecule has 0 spiro atoms. The number of nitrogens with one attached hydrogen (secondary N) is 1. The van der Waals surface area contributed by atoms with Crippen molar-refractivity contribution in [2.45, 2.75) is 32.7 Å². The van der Waals surface area contributed by atoms with Gasteiger partial charge in [0, 0.05) is 24.6 Å². The van der Waals surface area contributed by atoms with E-state index in [0.717, 1.165) is 43.4 Å². The van der Waals surface area contributed by atoms with Crippen molar-refractivity contribution in [3.05, 3.63) is 42.5 Å². The minimum Gasteiger partial charge on any atom is -0.494 e. The first kappa shape index (κ1) is 17.1. The van der Waals surface area contributed by atoms with Gasteiger partial charge in [-0.15, -0.1) is 6.58 Å². The normalized spacial score (nSPS) is 10.4. The van der Waals surface area contributed by atoms with Gasteiger partial charge in [-0.1, -0.05) is 38.0 Å². The van der Waals surface area contributed by atoms with Gasteiger partial charge < -0.3 is 10.1 Å². The summed E-state index contributed by atoms with van der Waals surface area (Å²) in [5.41, 5.74) is 1.31. The Morgan fingerprint density at radius 3 is 2.75 bits per heavy atom. The minimum absolute atomic E-state index is 0.825. The van der Waals surface area contributed by atoms with E-state index in [9.17, 15) is 0 Å². The van der Waals surface area contributed by atoms with Gasteiger partial charge in [-0.3, -0.25) is 0 Å². The third-order valence-electron chi connectivity index (χ3n) is 2.93. The highest BCUT2D eigenvalue weighted by atomic mass is 32.2. The standard InChI is InChI=1S/C17H27NOS/c1-3-5-6-12-19-17-9-7-16(8-10-17)15-18-11-14-20-13-4-2/h4,7-10,18H,2-3,5-6,11-15H2,1H3. The van der Waals surface area contributed by atoms with Crippen LogP contribution in [0, 0.1) is 0 Å². The van der Waals surface area contributed by atoms with E-state index in [1.165, 1.54) is 18.4 Å². The quantitative estimate of drug-likeness (QED) is 0.459. The third kappa shape index (κ3) is 8.28. The molecule has 20 heavy (non-hydrogen) atoms. The third-order valence-corrected chi connectivity index (χ3v) is 3.89. The van der Waals surface area contributed by atoms with Gasteiger partial charge in [0.1, 0.15) is 5.75 Å². The van der Waals surface area contributed by atoms with Gasteiger partial charge in [0.25, 0.3) is 0 Å². The van der Waals surface area contributed by atoms with Gasteiger partial charge in [0.2, 0.25) is 0 Å². The SMILES string of the molecule is C=CCSCCNCc1ccc(OCCCCC)cc1. The molecule has 0 aliphatic heterocycles. The fourth-order valence-electron chi connectivity index (χ4n) is 1.79. The van der Waals surface area contributed by atoms with Gasteiger partial charge in [0.05, 0.1) is 6.61 Å². The average molecular weight is 293 g/mol. The summed E-state index contributed by atoms with van der Waals surface area (Å²) < 4.78 is 5.70. The molecule has 1 aromatic carbocycles. The van der Waals surface area contributed by atoms with Gasteiger partial charge in [-0.05, 0) is 24.1 Å². The second kappa shape index (κ2) is 11.9. The number of thioether (sulfide) groups is 1. The van der Waals surface area contributed by atoms with Crippen molar-refractivity contribution in [2.24, 2.45) is 0 Å². The van der Waals surface area contributed by atoms with Crippen LogP contribution < -0.4 is 10.1 Å². The van der Waals surface area contributed by atoms with Crippen molar-refractivity contribution < 1.29 is 4.74 Å². The maximum atomic E-state index is 5.70. The molecular weight excluding hydrogens is 266 g/mol. The summed E-state index contributed by atoms with van der Waals surface area (Å²) in [5.74, 6) is 3.14. The molecule has 2 nitrogen and oxygen atoms in total. The van der Waals surface area contributed by atoms with E-state index in [1.807, 2.05) is 17.8 Å². The molecule has 112 valence electrons. The summed E-state index contributed by atoms with van der Waals surface area (Å²) in [4.78, 5) is 0. The molecule has 1 N–H and O–H groups in total. The summed E-state index contributed by atoms with van der Waals surface area (Å²) in [6, 6.07) is 8.41. The molecule has 1 rings (SSSR count). The van der Waals surface area contributed by atoms with Gasteiger partial charge in [-0.25, -0.2) is 0 Å². The Morgan fingerprint density at radius 2 is 2.05 bits per heavy atom. The molecule has 3 heteroatoms. The van der Waals surface area contributed by atoms with Crippen LogP contribution in [0.15, 0.2) is 36.9 Å². The highest BCUT2D eigenvalue weighted by Gasteiger charge is 1.96. The Morgan fingerprint density at radius 1 is 1.25 bits per heavy atom. The Balaban J connectivity index is 2.13. The Labute approximate surface area is 128 Å². The molecule has 0 fully saturated rings. The fraction of sp³-hybridized carbons (Fsp3) is 0.529. The average Bonchev–Trinajstić information content (AvgIpc) is 2.49. The highest BCUT2D eigenvalue weighted by molar-refractivity contribution is 7.99. The molecule has 0 radical (unpaired) electrons. The van der Waals surface area contributed by atoms with Gasteiger partial charge in [0.15, 0.2) is 0 Å². The smallest absolute Gasteiger partial charge is 0.119 e. The van der Waals surface area contributed by atoms with Crippen LogP contribution in [0.2, 0.25) is 0 Å². The fourth-order valence-corrected chi connectivity index (χ4v) is 2.41.